The van der Waals surface area contributed by atoms with E-state index in [9.17, 15) is 9.59 Å². The van der Waals surface area contributed by atoms with E-state index in [1.807, 2.05) is 31.2 Å². The van der Waals surface area contributed by atoms with Gasteiger partial charge >= 0.3 is 0 Å². The highest BCUT2D eigenvalue weighted by molar-refractivity contribution is 8.24. The van der Waals surface area contributed by atoms with Crippen LogP contribution >= 0.6 is 24.0 Å². The van der Waals surface area contributed by atoms with Gasteiger partial charge in [-0.3, -0.25) is 14.5 Å². The Labute approximate surface area is 158 Å². The van der Waals surface area contributed by atoms with Crippen molar-refractivity contribution in [1.29, 1.82) is 0 Å². The number of methoxy groups -OCH3 is 1. The lowest BCUT2D eigenvalue weighted by molar-refractivity contribution is -0.126. The van der Waals surface area contributed by atoms with Crippen LogP contribution in [0.2, 0.25) is 0 Å². The van der Waals surface area contributed by atoms with Gasteiger partial charge in [0.05, 0.1) is 12.4 Å². The van der Waals surface area contributed by atoms with Gasteiger partial charge in [0.15, 0.2) is 0 Å². The van der Waals surface area contributed by atoms with Crippen LogP contribution in [0.3, 0.4) is 0 Å². The molecule has 0 spiro atoms. The van der Waals surface area contributed by atoms with Crippen molar-refractivity contribution in [2.75, 3.05) is 19.0 Å². The Bertz CT molecular complexity index is 619. The molecule has 136 valence electrons. The van der Waals surface area contributed by atoms with Crippen molar-refractivity contribution in [3.63, 3.8) is 0 Å². The molecule has 0 radical (unpaired) electrons. The van der Waals surface area contributed by atoms with Crippen molar-refractivity contribution < 1.29 is 14.3 Å². The predicted molar refractivity (Wildman–Crippen MR) is 106 cm³/mol. The van der Waals surface area contributed by atoms with E-state index in [4.69, 9.17) is 17.0 Å². The molecule has 0 saturated carbocycles. The Hall–Kier alpha value is -1.60. The van der Waals surface area contributed by atoms with Crippen molar-refractivity contribution in [2.24, 2.45) is 0 Å². The van der Waals surface area contributed by atoms with Crippen LogP contribution in [0.1, 0.15) is 39.0 Å². The second kappa shape index (κ2) is 9.77. The third kappa shape index (κ3) is 5.71. The third-order valence-corrected chi connectivity index (χ3v) is 5.79. The maximum absolute atomic E-state index is 12.1. The summed E-state index contributed by atoms with van der Waals surface area (Å²) < 4.78 is 5.77. The average Bonchev–Trinajstić information content (AvgIpc) is 2.89. The molecule has 2 amide bonds. The molecule has 1 aliphatic heterocycles. The second-order valence-electron chi connectivity index (χ2n) is 5.86. The molecular formula is C18H24N2O3S2. The van der Waals surface area contributed by atoms with E-state index in [0.29, 0.717) is 17.3 Å². The Morgan fingerprint density at radius 3 is 2.60 bits per heavy atom. The molecule has 7 heteroatoms. The summed E-state index contributed by atoms with van der Waals surface area (Å²) in [6.45, 7) is 2.66. The Morgan fingerprint density at radius 2 is 2.00 bits per heavy atom. The molecule has 1 aromatic carbocycles. The number of benzene rings is 1. The summed E-state index contributed by atoms with van der Waals surface area (Å²) in [6, 6.07) is 7.26. The minimum Gasteiger partial charge on any atom is -0.497 e. The Kier molecular flexibility index (Phi) is 7.71. The topological polar surface area (TPSA) is 58.6 Å². The van der Waals surface area contributed by atoms with Gasteiger partial charge in [0.1, 0.15) is 10.1 Å². The van der Waals surface area contributed by atoms with Crippen molar-refractivity contribution in [2.45, 2.75) is 44.3 Å². The van der Waals surface area contributed by atoms with Crippen LogP contribution in [0.25, 0.3) is 0 Å². The average molecular weight is 381 g/mol. The molecule has 1 N–H and O–H groups in total. The van der Waals surface area contributed by atoms with Crippen molar-refractivity contribution in [3.8, 4) is 5.75 Å². The number of nitrogens with zero attached hydrogens (tertiary/aromatic N) is 1. The number of unbranched alkanes of at least 4 members (excludes halogenated alkanes) is 2. The number of hydrogen-bond donors (Lipinski definition) is 1. The van der Waals surface area contributed by atoms with E-state index in [1.54, 1.807) is 12.0 Å². The highest BCUT2D eigenvalue weighted by Crippen LogP contribution is 2.29. The van der Waals surface area contributed by atoms with Crippen LogP contribution in [0.4, 0.5) is 5.69 Å². The van der Waals surface area contributed by atoms with Crippen LogP contribution in [-0.4, -0.2) is 39.9 Å². The fourth-order valence-corrected chi connectivity index (χ4v) is 4.07. The first-order valence-electron chi connectivity index (χ1n) is 8.51. The number of thiocarbonyl (C=S) groups is 1. The zero-order valence-electron chi connectivity index (χ0n) is 14.6. The lowest BCUT2D eigenvalue weighted by Gasteiger charge is -2.15. The molecule has 25 heavy (non-hydrogen) atoms. The van der Waals surface area contributed by atoms with Crippen LogP contribution in [0.15, 0.2) is 24.3 Å². The van der Waals surface area contributed by atoms with Crippen LogP contribution < -0.4 is 10.1 Å². The van der Waals surface area contributed by atoms with E-state index in [1.165, 1.54) is 11.8 Å². The molecule has 1 fully saturated rings. The molecule has 1 saturated heterocycles. The fraction of sp³-hybridized carbons (Fsp3) is 0.500. The number of hydrogen-bond acceptors (Lipinski definition) is 5. The number of carbonyl (C=O) groups excluding carboxylic acids is 2. The standard InChI is InChI=1S/C18H24N2O3S2/c1-3-15-17(22)20(18(24)25-15)12-6-4-5-7-16(21)19-13-8-10-14(23-2)11-9-13/h8-11,15H,3-7,12H2,1-2H3,(H,19,21). The Balaban J connectivity index is 1.63. The zero-order chi connectivity index (χ0) is 18.2. The summed E-state index contributed by atoms with van der Waals surface area (Å²) in [6.07, 6.45) is 3.83. The number of anilines is 1. The van der Waals surface area contributed by atoms with Crippen molar-refractivity contribution in [3.05, 3.63) is 24.3 Å². The summed E-state index contributed by atoms with van der Waals surface area (Å²) in [5.41, 5.74) is 0.765. The summed E-state index contributed by atoms with van der Waals surface area (Å²) in [5.74, 6) is 0.894. The molecule has 1 unspecified atom stereocenters. The number of amides is 2. The normalized spacial score (nSPS) is 17.0. The molecule has 0 aromatic heterocycles. The summed E-state index contributed by atoms with van der Waals surface area (Å²) >= 11 is 6.76. The van der Waals surface area contributed by atoms with Gasteiger partial charge in [-0.25, -0.2) is 0 Å². The lowest BCUT2D eigenvalue weighted by Crippen LogP contribution is -2.32. The largest absolute Gasteiger partial charge is 0.497 e. The van der Waals surface area contributed by atoms with E-state index in [-0.39, 0.29) is 17.1 Å². The highest BCUT2D eigenvalue weighted by atomic mass is 32.2. The monoisotopic (exact) mass is 380 g/mol. The summed E-state index contributed by atoms with van der Waals surface area (Å²) in [7, 11) is 1.61. The number of carbonyl (C=O) groups is 2. The molecule has 0 bridgehead atoms. The van der Waals surface area contributed by atoms with Crippen LogP contribution in [0, 0.1) is 0 Å². The highest BCUT2D eigenvalue weighted by Gasteiger charge is 2.34. The number of nitrogens with one attached hydrogen (secondary N) is 1. The zero-order valence-corrected chi connectivity index (χ0v) is 16.3. The first kappa shape index (κ1) is 19.7. The van der Waals surface area contributed by atoms with E-state index >= 15 is 0 Å². The van der Waals surface area contributed by atoms with Gasteiger partial charge in [-0.2, -0.15) is 0 Å². The minimum absolute atomic E-state index is 0.000427. The molecule has 0 aliphatic carbocycles. The predicted octanol–water partition coefficient (Wildman–Crippen LogP) is 3.83. The smallest absolute Gasteiger partial charge is 0.241 e. The van der Waals surface area contributed by atoms with Gasteiger partial charge < -0.3 is 10.1 Å². The first-order chi connectivity index (χ1) is 12.0. The van der Waals surface area contributed by atoms with Crippen LogP contribution in [-0.2, 0) is 9.59 Å². The lowest BCUT2D eigenvalue weighted by atomic mass is 10.1. The number of thioether (sulfide) groups is 1. The molecule has 1 heterocycles. The second-order valence-corrected chi connectivity index (χ2v) is 7.69. The number of rotatable bonds is 9. The number of ether oxygens (including phenoxy) is 1. The van der Waals surface area contributed by atoms with Gasteiger partial charge in [-0.15, -0.1) is 0 Å². The minimum atomic E-state index is -0.0113. The maximum Gasteiger partial charge on any atom is 0.241 e. The summed E-state index contributed by atoms with van der Waals surface area (Å²) in [5, 5.41) is 2.86. The van der Waals surface area contributed by atoms with E-state index in [2.05, 4.69) is 5.32 Å². The SMILES string of the molecule is CCC1SC(=S)N(CCCCCC(=O)Nc2ccc(OC)cc2)C1=O. The first-order valence-corrected chi connectivity index (χ1v) is 9.79. The van der Waals surface area contributed by atoms with E-state index in [0.717, 1.165) is 37.1 Å². The van der Waals surface area contributed by atoms with Gasteiger partial charge in [0.25, 0.3) is 0 Å². The maximum atomic E-state index is 12.1. The van der Waals surface area contributed by atoms with E-state index < -0.39 is 0 Å². The Morgan fingerprint density at radius 1 is 1.28 bits per heavy atom. The van der Waals surface area contributed by atoms with Crippen LogP contribution in [0.5, 0.6) is 5.75 Å². The third-order valence-electron chi connectivity index (χ3n) is 4.04. The molecular weight excluding hydrogens is 356 g/mol. The van der Waals surface area contributed by atoms with Gasteiger partial charge in [-0.05, 0) is 43.5 Å². The van der Waals surface area contributed by atoms with Gasteiger partial charge in [0.2, 0.25) is 11.8 Å². The molecule has 1 aromatic rings. The quantitative estimate of drug-likeness (QED) is 0.521. The molecule has 1 atom stereocenters. The summed E-state index contributed by atoms with van der Waals surface area (Å²) in [4.78, 5) is 25.8. The fourth-order valence-electron chi connectivity index (χ4n) is 2.59. The molecule has 2 rings (SSSR count). The van der Waals surface area contributed by atoms with Gasteiger partial charge in [-0.1, -0.05) is 37.3 Å². The van der Waals surface area contributed by atoms with Crippen molar-refractivity contribution in [1.82, 2.24) is 4.90 Å². The van der Waals surface area contributed by atoms with Crippen molar-refractivity contribution >= 4 is 45.8 Å². The van der Waals surface area contributed by atoms with Gasteiger partial charge in [0, 0.05) is 18.7 Å². The molecule has 5 nitrogen and oxygen atoms in total. The molecule has 1 aliphatic rings.